The van der Waals surface area contributed by atoms with Crippen LogP contribution in [0, 0.1) is 0 Å². The number of hydrogen-bond acceptors (Lipinski definition) is 4. The Morgan fingerprint density at radius 3 is 2.94 bits per heavy atom. The predicted molar refractivity (Wildman–Crippen MR) is 60.0 cm³/mol. The Balaban J connectivity index is 2.31. The van der Waals surface area contributed by atoms with Gasteiger partial charge in [0, 0.05) is 18.9 Å². The molecule has 7 heteroatoms. The summed E-state index contributed by atoms with van der Waals surface area (Å²) in [7, 11) is 0. The van der Waals surface area contributed by atoms with E-state index in [9.17, 15) is 9.59 Å². The summed E-state index contributed by atoms with van der Waals surface area (Å²) >= 11 is 5.79. The zero-order chi connectivity index (χ0) is 12.7. The lowest BCUT2D eigenvalue weighted by atomic mass is 10.2. The molecule has 2 N–H and O–H groups in total. The Kier molecular flexibility index (Phi) is 5.38. The topological polar surface area (TPSA) is 88.5 Å². The predicted octanol–water partition coefficient (Wildman–Crippen LogP) is 0.566. The summed E-state index contributed by atoms with van der Waals surface area (Å²) in [6, 6.07) is 1.51. The van der Waals surface area contributed by atoms with Crippen molar-refractivity contribution in [2.45, 2.75) is 0 Å². The molecular formula is C10H11ClN2O4. The quantitative estimate of drug-likeness (QED) is 0.728. The third-order valence-corrected chi connectivity index (χ3v) is 2.10. The molecule has 1 amide bonds. The Hall–Kier alpha value is -1.66. The molecule has 0 saturated heterocycles. The smallest absolute Gasteiger partial charge is 0.329 e. The lowest BCUT2D eigenvalue weighted by Gasteiger charge is -2.05. The summed E-state index contributed by atoms with van der Waals surface area (Å²) in [5.41, 5.74) is 0.271. The molecule has 0 bridgehead atoms. The average molecular weight is 259 g/mol. The van der Waals surface area contributed by atoms with E-state index < -0.39 is 5.97 Å². The van der Waals surface area contributed by atoms with Gasteiger partial charge in [-0.15, -0.1) is 0 Å². The largest absolute Gasteiger partial charge is 0.480 e. The van der Waals surface area contributed by atoms with Gasteiger partial charge in [-0.05, 0) is 6.07 Å². The van der Waals surface area contributed by atoms with Gasteiger partial charge in [-0.3, -0.25) is 9.78 Å². The average Bonchev–Trinajstić information content (AvgIpc) is 2.28. The minimum absolute atomic E-state index is 0.121. The Morgan fingerprint density at radius 1 is 1.53 bits per heavy atom. The van der Waals surface area contributed by atoms with Crippen LogP contribution in [-0.2, 0) is 9.53 Å². The number of rotatable bonds is 6. The zero-order valence-electron chi connectivity index (χ0n) is 8.85. The summed E-state index contributed by atoms with van der Waals surface area (Å²) in [6.45, 7) is -0.0588. The van der Waals surface area contributed by atoms with Crippen molar-refractivity contribution in [3.63, 3.8) is 0 Å². The Morgan fingerprint density at radius 2 is 2.29 bits per heavy atom. The van der Waals surface area contributed by atoms with Crippen LogP contribution in [0.1, 0.15) is 10.4 Å². The molecule has 6 nitrogen and oxygen atoms in total. The van der Waals surface area contributed by atoms with Crippen molar-refractivity contribution in [3.05, 3.63) is 29.0 Å². The Bertz CT molecular complexity index is 411. The van der Waals surface area contributed by atoms with Crippen LogP contribution in [0.3, 0.4) is 0 Å². The van der Waals surface area contributed by atoms with E-state index in [1.54, 1.807) is 0 Å². The summed E-state index contributed by atoms with van der Waals surface area (Å²) in [4.78, 5) is 25.5. The molecule has 0 atom stereocenters. The van der Waals surface area contributed by atoms with Gasteiger partial charge in [0.05, 0.1) is 17.2 Å². The normalized spacial score (nSPS) is 9.94. The molecule has 17 heavy (non-hydrogen) atoms. The van der Waals surface area contributed by atoms with E-state index in [1.807, 2.05) is 0 Å². The molecule has 0 radical (unpaired) electrons. The van der Waals surface area contributed by atoms with Gasteiger partial charge in [0.1, 0.15) is 6.61 Å². The third kappa shape index (κ3) is 4.80. The molecule has 0 aliphatic carbocycles. The molecular weight excluding hydrogens is 248 g/mol. The van der Waals surface area contributed by atoms with Crippen molar-refractivity contribution < 1.29 is 19.4 Å². The zero-order valence-corrected chi connectivity index (χ0v) is 9.61. The first-order valence-corrected chi connectivity index (χ1v) is 5.16. The lowest BCUT2D eigenvalue weighted by Crippen LogP contribution is -2.28. The number of carbonyl (C=O) groups is 2. The first kappa shape index (κ1) is 13.4. The maximum Gasteiger partial charge on any atom is 0.329 e. The van der Waals surface area contributed by atoms with E-state index in [1.165, 1.54) is 18.5 Å². The number of nitrogens with zero attached hydrogens (tertiary/aromatic N) is 1. The second kappa shape index (κ2) is 6.82. The highest BCUT2D eigenvalue weighted by Gasteiger charge is 2.09. The first-order chi connectivity index (χ1) is 8.11. The van der Waals surface area contributed by atoms with E-state index in [0.717, 1.165) is 0 Å². The number of aliphatic carboxylic acids is 1. The van der Waals surface area contributed by atoms with Crippen molar-refractivity contribution in [2.75, 3.05) is 19.8 Å². The van der Waals surface area contributed by atoms with Crippen LogP contribution in [0.5, 0.6) is 0 Å². The van der Waals surface area contributed by atoms with Gasteiger partial charge in [0.2, 0.25) is 0 Å². The van der Waals surface area contributed by atoms with Crippen LogP contribution >= 0.6 is 11.6 Å². The van der Waals surface area contributed by atoms with Crippen molar-refractivity contribution in [1.29, 1.82) is 0 Å². The van der Waals surface area contributed by atoms with Crippen molar-refractivity contribution in [1.82, 2.24) is 10.3 Å². The van der Waals surface area contributed by atoms with Gasteiger partial charge in [-0.1, -0.05) is 11.6 Å². The second-order valence-electron chi connectivity index (χ2n) is 3.06. The van der Waals surface area contributed by atoms with Gasteiger partial charge in [0.25, 0.3) is 5.91 Å². The van der Waals surface area contributed by atoms with Crippen LogP contribution in [0.25, 0.3) is 0 Å². The maximum atomic E-state index is 11.6. The van der Waals surface area contributed by atoms with Crippen LogP contribution in [0.2, 0.25) is 5.02 Å². The van der Waals surface area contributed by atoms with Crippen LogP contribution in [-0.4, -0.2) is 41.7 Å². The third-order valence-electron chi connectivity index (χ3n) is 1.77. The number of carboxylic acid groups (broad SMARTS) is 1. The van der Waals surface area contributed by atoms with E-state index in [4.69, 9.17) is 21.4 Å². The van der Waals surface area contributed by atoms with Crippen molar-refractivity contribution in [2.24, 2.45) is 0 Å². The maximum absolute atomic E-state index is 11.6. The Labute approximate surface area is 103 Å². The molecule has 0 unspecified atom stereocenters. The molecule has 92 valence electrons. The molecule has 0 fully saturated rings. The summed E-state index contributed by atoms with van der Waals surface area (Å²) in [6.07, 6.45) is 2.84. The second-order valence-corrected chi connectivity index (χ2v) is 3.46. The molecule has 1 heterocycles. The number of carbonyl (C=O) groups excluding carboxylic acids is 1. The van der Waals surface area contributed by atoms with Crippen LogP contribution in [0.4, 0.5) is 0 Å². The van der Waals surface area contributed by atoms with Gasteiger partial charge >= 0.3 is 5.97 Å². The van der Waals surface area contributed by atoms with Crippen molar-refractivity contribution in [3.8, 4) is 0 Å². The minimum Gasteiger partial charge on any atom is -0.480 e. The number of halogens is 1. The highest BCUT2D eigenvalue weighted by molar-refractivity contribution is 6.33. The standard InChI is InChI=1S/C10H11ClN2O4/c11-8-1-2-12-5-7(8)10(16)13-3-4-17-6-9(14)15/h1-2,5H,3-4,6H2,(H,13,16)(H,14,15). The van der Waals surface area contributed by atoms with Crippen LogP contribution < -0.4 is 5.32 Å². The highest BCUT2D eigenvalue weighted by Crippen LogP contribution is 2.12. The molecule has 1 aromatic rings. The SMILES string of the molecule is O=C(O)COCCNC(=O)c1cnccc1Cl. The van der Waals surface area contributed by atoms with E-state index in [2.05, 4.69) is 10.3 Å². The molecule has 0 spiro atoms. The van der Waals surface area contributed by atoms with Crippen LogP contribution in [0.15, 0.2) is 18.5 Å². The van der Waals surface area contributed by atoms with Crippen molar-refractivity contribution >= 4 is 23.5 Å². The lowest BCUT2D eigenvalue weighted by molar-refractivity contribution is -0.142. The number of pyridine rings is 1. The fourth-order valence-electron chi connectivity index (χ4n) is 1.04. The monoisotopic (exact) mass is 258 g/mol. The van der Waals surface area contributed by atoms with Gasteiger partial charge in [-0.2, -0.15) is 0 Å². The van der Waals surface area contributed by atoms with E-state index >= 15 is 0 Å². The number of carboxylic acids is 1. The van der Waals surface area contributed by atoms with Gasteiger partial charge in [0.15, 0.2) is 0 Å². The molecule has 0 aliphatic rings. The number of hydrogen-bond donors (Lipinski definition) is 2. The highest BCUT2D eigenvalue weighted by atomic mass is 35.5. The fourth-order valence-corrected chi connectivity index (χ4v) is 1.23. The number of amides is 1. The fraction of sp³-hybridized carbons (Fsp3) is 0.300. The number of nitrogens with one attached hydrogen (secondary N) is 1. The van der Waals surface area contributed by atoms with E-state index in [-0.39, 0.29) is 31.2 Å². The van der Waals surface area contributed by atoms with Gasteiger partial charge in [-0.25, -0.2) is 4.79 Å². The minimum atomic E-state index is -1.05. The molecule has 0 saturated carbocycles. The summed E-state index contributed by atoms with van der Waals surface area (Å²) in [5, 5.41) is 11.1. The summed E-state index contributed by atoms with van der Waals surface area (Å²) < 4.78 is 4.75. The summed E-state index contributed by atoms with van der Waals surface area (Å²) in [5.74, 6) is -1.42. The molecule has 0 aliphatic heterocycles. The molecule has 0 aromatic carbocycles. The number of aromatic nitrogens is 1. The first-order valence-electron chi connectivity index (χ1n) is 4.78. The molecule has 1 rings (SSSR count). The molecule has 1 aromatic heterocycles. The van der Waals surface area contributed by atoms with E-state index in [0.29, 0.717) is 5.02 Å². The van der Waals surface area contributed by atoms with Gasteiger partial charge < -0.3 is 15.2 Å². The number of ether oxygens (including phenoxy) is 1.